The Kier molecular flexibility index (Phi) is 6.66. The standard InChI is InChI=1S/C26H34N2O/c1-21-6-5-9-24(18-21)20-27-14-12-25(13-15-27)26(29)28-16-10-23(11-17-28)19-22-7-3-2-4-8-22/h2-9,18,23,25H,10-17,19-20H2,1H3. The van der Waals surface area contributed by atoms with Gasteiger partial charge in [0.25, 0.3) is 0 Å². The molecule has 4 rings (SSSR count). The smallest absolute Gasteiger partial charge is 0.225 e. The minimum Gasteiger partial charge on any atom is -0.342 e. The van der Waals surface area contributed by atoms with E-state index in [1.807, 2.05) is 0 Å². The highest BCUT2D eigenvalue weighted by atomic mass is 16.2. The van der Waals surface area contributed by atoms with Crippen molar-refractivity contribution in [3.05, 3.63) is 71.3 Å². The fraction of sp³-hybridized carbons (Fsp3) is 0.500. The van der Waals surface area contributed by atoms with Crippen LogP contribution in [0.3, 0.4) is 0 Å². The number of amides is 1. The summed E-state index contributed by atoms with van der Waals surface area (Å²) in [4.78, 5) is 17.7. The highest BCUT2D eigenvalue weighted by molar-refractivity contribution is 5.79. The summed E-state index contributed by atoms with van der Waals surface area (Å²) in [7, 11) is 0. The number of rotatable bonds is 5. The zero-order valence-corrected chi connectivity index (χ0v) is 17.7. The highest BCUT2D eigenvalue weighted by Crippen LogP contribution is 2.26. The lowest BCUT2D eigenvalue weighted by Gasteiger charge is -2.37. The Morgan fingerprint density at radius 1 is 0.862 bits per heavy atom. The van der Waals surface area contributed by atoms with Gasteiger partial charge in [0.2, 0.25) is 5.91 Å². The molecule has 2 aromatic rings. The molecule has 3 nitrogen and oxygen atoms in total. The molecule has 2 heterocycles. The van der Waals surface area contributed by atoms with Crippen molar-refractivity contribution in [2.45, 2.75) is 45.6 Å². The zero-order valence-electron chi connectivity index (χ0n) is 17.7. The third-order valence-corrected chi connectivity index (χ3v) is 6.72. The van der Waals surface area contributed by atoms with E-state index in [2.05, 4.69) is 71.3 Å². The summed E-state index contributed by atoms with van der Waals surface area (Å²) >= 11 is 0. The molecule has 29 heavy (non-hydrogen) atoms. The van der Waals surface area contributed by atoms with Gasteiger partial charge in [0.15, 0.2) is 0 Å². The van der Waals surface area contributed by atoms with Crippen molar-refractivity contribution >= 4 is 5.91 Å². The van der Waals surface area contributed by atoms with Crippen LogP contribution in [0.15, 0.2) is 54.6 Å². The number of hydrogen-bond donors (Lipinski definition) is 0. The van der Waals surface area contributed by atoms with Crippen LogP contribution in [0, 0.1) is 18.8 Å². The largest absolute Gasteiger partial charge is 0.342 e. The van der Waals surface area contributed by atoms with Crippen LogP contribution < -0.4 is 0 Å². The molecule has 2 aliphatic heterocycles. The Labute approximate surface area is 175 Å². The summed E-state index contributed by atoms with van der Waals surface area (Å²) in [5, 5.41) is 0. The van der Waals surface area contributed by atoms with Gasteiger partial charge in [0, 0.05) is 25.6 Å². The normalized spacial score (nSPS) is 19.4. The number of nitrogens with zero attached hydrogens (tertiary/aromatic N) is 2. The third-order valence-electron chi connectivity index (χ3n) is 6.72. The Balaban J connectivity index is 1.21. The van der Waals surface area contributed by atoms with Crippen molar-refractivity contribution in [2.75, 3.05) is 26.2 Å². The molecular weight excluding hydrogens is 356 g/mol. The van der Waals surface area contributed by atoms with Crippen LogP contribution in [-0.2, 0) is 17.8 Å². The van der Waals surface area contributed by atoms with Gasteiger partial charge in [-0.05, 0) is 69.2 Å². The summed E-state index contributed by atoms with van der Waals surface area (Å²) < 4.78 is 0. The van der Waals surface area contributed by atoms with E-state index in [9.17, 15) is 4.79 Å². The second-order valence-corrected chi connectivity index (χ2v) is 9.00. The first-order valence-electron chi connectivity index (χ1n) is 11.3. The molecule has 2 aliphatic rings. The first-order chi connectivity index (χ1) is 14.2. The van der Waals surface area contributed by atoms with Crippen molar-refractivity contribution in [2.24, 2.45) is 11.8 Å². The fourth-order valence-corrected chi connectivity index (χ4v) is 4.97. The van der Waals surface area contributed by atoms with E-state index >= 15 is 0 Å². The van der Waals surface area contributed by atoms with E-state index in [1.54, 1.807) is 0 Å². The van der Waals surface area contributed by atoms with E-state index in [-0.39, 0.29) is 5.92 Å². The molecule has 0 aliphatic carbocycles. The van der Waals surface area contributed by atoms with Crippen molar-refractivity contribution < 1.29 is 4.79 Å². The molecule has 2 aromatic carbocycles. The van der Waals surface area contributed by atoms with E-state index in [0.717, 1.165) is 70.7 Å². The van der Waals surface area contributed by atoms with Gasteiger partial charge in [-0.15, -0.1) is 0 Å². The van der Waals surface area contributed by atoms with Gasteiger partial charge in [-0.1, -0.05) is 60.2 Å². The predicted octanol–water partition coefficient (Wildman–Crippen LogP) is 4.69. The molecule has 0 aromatic heterocycles. The monoisotopic (exact) mass is 390 g/mol. The molecule has 2 fully saturated rings. The summed E-state index contributed by atoms with van der Waals surface area (Å²) in [6.07, 6.45) is 5.46. The molecule has 3 heteroatoms. The Morgan fingerprint density at radius 2 is 1.55 bits per heavy atom. The van der Waals surface area contributed by atoms with Gasteiger partial charge in [-0.3, -0.25) is 9.69 Å². The first-order valence-corrected chi connectivity index (χ1v) is 11.3. The number of benzene rings is 2. The topological polar surface area (TPSA) is 23.6 Å². The lowest BCUT2D eigenvalue weighted by molar-refractivity contribution is -0.138. The number of piperidine rings is 2. The van der Waals surface area contributed by atoms with E-state index in [0.29, 0.717) is 5.91 Å². The Hall–Kier alpha value is -2.13. The average Bonchev–Trinajstić information content (AvgIpc) is 2.75. The Morgan fingerprint density at radius 3 is 2.24 bits per heavy atom. The van der Waals surface area contributed by atoms with Crippen LogP contribution in [0.25, 0.3) is 0 Å². The second-order valence-electron chi connectivity index (χ2n) is 9.00. The number of hydrogen-bond acceptors (Lipinski definition) is 2. The number of likely N-dealkylation sites (tertiary alicyclic amines) is 2. The molecule has 0 unspecified atom stereocenters. The summed E-state index contributed by atoms with van der Waals surface area (Å²) in [6.45, 7) is 7.12. The number of aryl methyl sites for hydroxylation is 1. The van der Waals surface area contributed by atoms with Gasteiger partial charge < -0.3 is 4.90 Å². The van der Waals surface area contributed by atoms with Crippen molar-refractivity contribution in [3.8, 4) is 0 Å². The SMILES string of the molecule is Cc1cccc(CN2CCC(C(=O)N3CCC(Cc4ccccc4)CC3)CC2)c1. The maximum atomic E-state index is 13.0. The summed E-state index contributed by atoms with van der Waals surface area (Å²) in [6, 6.07) is 19.6. The zero-order chi connectivity index (χ0) is 20.1. The minimum atomic E-state index is 0.231. The molecule has 0 saturated carbocycles. The number of carbonyl (C=O) groups is 1. The fourth-order valence-electron chi connectivity index (χ4n) is 4.97. The average molecular weight is 391 g/mol. The van der Waals surface area contributed by atoms with Crippen LogP contribution in [0.4, 0.5) is 0 Å². The molecule has 0 spiro atoms. The first kappa shape index (κ1) is 20.2. The molecule has 0 bridgehead atoms. The van der Waals surface area contributed by atoms with Gasteiger partial charge in [-0.25, -0.2) is 0 Å². The lowest BCUT2D eigenvalue weighted by atomic mass is 9.88. The van der Waals surface area contributed by atoms with Gasteiger partial charge in [0.05, 0.1) is 0 Å². The van der Waals surface area contributed by atoms with E-state index in [1.165, 1.54) is 16.7 Å². The molecule has 2 saturated heterocycles. The summed E-state index contributed by atoms with van der Waals surface area (Å²) in [5.74, 6) is 1.37. The van der Waals surface area contributed by atoms with Crippen LogP contribution >= 0.6 is 0 Å². The van der Waals surface area contributed by atoms with Crippen LogP contribution in [0.1, 0.15) is 42.4 Å². The van der Waals surface area contributed by atoms with Crippen molar-refractivity contribution in [1.29, 1.82) is 0 Å². The number of carbonyl (C=O) groups excluding carboxylic acids is 1. The van der Waals surface area contributed by atoms with Gasteiger partial charge >= 0.3 is 0 Å². The third kappa shape index (κ3) is 5.48. The Bertz CT molecular complexity index is 787. The molecule has 154 valence electrons. The summed E-state index contributed by atoms with van der Waals surface area (Å²) in [5.41, 5.74) is 4.14. The molecule has 1 amide bonds. The van der Waals surface area contributed by atoms with Crippen LogP contribution in [-0.4, -0.2) is 41.9 Å². The highest BCUT2D eigenvalue weighted by Gasteiger charge is 2.30. The van der Waals surface area contributed by atoms with E-state index in [4.69, 9.17) is 0 Å². The molecular formula is C26H34N2O. The minimum absolute atomic E-state index is 0.231. The molecule has 0 atom stereocenters. The quantitative estimate of drug-likeness (QED) is 0.739. The van der Waals surface area contributed by atoms with Gasteiger partial charge in [0.1, 0.15) is 0 Å². The van der Waals surface area contributed by atoms with Crippen molar-refractivity contribution in [3.63, 3.8) is 0 Å². The second kappa shape index (κ2) is 9.58. The van der Waals surface area contributed by atoms with Crippen LogP contribution in [0.5, 0.6) is 0 Å². The maximum absolute atomic E-state index is 13.0. The lowest BCUT2D eigenvalue weighted by Crippen LogP contribution is -2.45. The predicted molar refractivity (Wildman–Crippen MR) is 119 cm³/mol. The van der Waals surface area contributed by atoms with E-state index < -0.39 is 0 Å². The molecule has 0 radical (unpaired) electrons. The van der Waals surface area contributed by atoms with Crippen LogP contribution in [0.2, 0.25) is 0 Å². The van der Waals surface area contributed by atoms with Gasteiger partial charge in [-0.2, -0.15) is 0 Å². The van der Waals surface area contributed by atoms with Crippen molar-refractivity contribution in [1.82, 2.24) is 9.80 Å². The maximum Gasteiger partial charge on any atom is 0.225 e. The molecule has 0 N–H and O–H groups in total.